The number of hydrogen-bond donors (Lipinski definition) is 0. The summed E-state index contributed by atoms with van der Waals surface area (Å²) in [5.41, 5.74) is 2.41. The first kappa shape index (κ1) is 21.7. The van der Waals surface area contributed by atoms with Crippen LogP contribution in [-0.2, 0) is 0 Å². The molecule has 3 rings (SSSR count). The van der Waals surface area contributed by atoms with Crippen LogP contribution < -0.4 is 4.74 Å². The number of carbonyl (C=O) groups excluding carboxylic acids is 1. The number of amides is 1. The molecular formula is C20H24N2O2U. The quantitative estimate of drug-likeness (QED) is 0.308. The van der Waals surface area contributed by atoms with Crippen molar-refractivity contribution in [3.05, 3.63) is 55.1 Å². The summed E-state index contributed by atoms with van der Waals surface area (Å²) in [4.78, 5) is 18.6. The molecule has 4 nitrogen and oxygen atoms in total. The number of aliphatic imine (C=N–C) groups is 1. The molecule has 1 aromatic rings. The Bertz CT molecular complexity index is 668. The maximum absolute atomic E-state index is 12.5. The Morgan fingerprint density at radius 1 is 1.56 bits per heavy atom. The molecule has 25 heavy (non-hydrogen) atoms. The van der Waals surface area contributed by atoms with Gasteiger partial charge in [0.05, 0.1) is 13.2 Å². The van der Waals surface area contributed by atoms with E-state index in [4.69, 9.17) is 4.74 Å². The summed E-state index contributed by atoms with van der Waals surface area (Å²) in [6.45, 7) is 9.27. The Balaban J connectivity index is 0.000000390. The molecule has 0 saturated carbocycles. The first-order chi connectivity index (χ1) is 11.6. The van der Waals surface area contributed by atoms with E-state index in [1.54, 1.807) is 24.1 Å². The normalized spacial score (nSPS) is 17.2. The molecule has 130 valence electrons. The first-order valence-corrected chi connectivity index (χ1v) is 8.14. The van der Waals surface area contributed by atoms with Crippen LogP contribution in [0.4, 0.5) is 5.69 Å². The Kier molecular flexibility index (Phi) is 9.24. The number of carbonyl (C=O) groups is 1. The van der Waals surface area contributed by atoms with E-state index in [-0.39, 0.29) is 43.1 Å². The van der Waals surface area contributed by atoms with Crippen molar-refractivity contribution in [2.75, 3.05) is 7.11 Å². The smallest absolute Gasteiger partial charge is 0.523 e. The average Bonchev–Trinajstić information content (AvgIpc) is 2.93. The molecule has 0 aromatic heterocycles. The minimum absolute atomic E-state index is 0. The summed E-state index contributed by atoms with van der Waals surface area (Å²) in [6, 6.07) is 6.37. The number of rotatable bonds is 4. The predicted molar refractivity (Wildman–Crippen MR) is 97.7 cm³/mol. The van der Waals surface area contributed by atoms with Crippen LogP contribution in [0.1, 0.15) is 43.0 Å². The van der Waals surface area contributed by atoms with Crippen molar-refractivity contribution < 1.29 is 40.6 Å². The second-order valence-corrected chi connectivity index (χ2v) is 5.82. The molecule has 0 saturated heterocycles. The number of nitrogens with zero attached hydrogens (tertiary/aromatic N) is 2. The van der Waals surface area contributed by atoms with Gasteiger partial charge in [-0.05, 0) is 31.0 Å². The molecular weight excluding hydrogens is 538 g/mol. The summed E-state index contributed by atoms with van der Waals surface area (Å²) < 4.78 is 5.11. The molecule has 2 aliphatic rings. The van der Waals surface area contributed by atoms with Crippen LogP contribution in [0.5, 0.6) is 5.75 Å². The third kappa shape index (κ3) is 5.59. The molecule has 0 bridgehead atoms. The SMILES string of the molecule is C=CCCC[CH2-].COc1[c-]cc2c(c1)C(=O)N1C=C(C)C[C@H]1C=N2.[U+2]. The van der Waals surface area contributed by atoms with Gasteiger partial charge < -0.3 is 21.6 Å². The fourth-order valence-corrected chi connectivity index (χ4v) is 2.60. The first-order valence-electron chi connectivity index (χ1n) is 8.14. The van der Waals surface area contributed by atoms with Crippen LogP contribution in [-0.4, -0.2) is 30.2 Å². The van der Waals surface area contributed by atoms with Crippen molar-refractivity contribution in [1.29, 1.82) is 0 Å². The van der Waals surface area contributed by atoms with Crippen molar-refractivity contribution in [3.63, 3.8) is 0 Å². The number of fused-ring (bicyclic) bond motifs is 2. The van der Waals surface area contributed by atoms with Gasteiger partial charge in [0.1, 0.15) is 0 Å². The van der Waals surface area contributed by atoms with Gasteiger partial charge in [-0.15, -0.1) is 24.8 Å². The van der Waals surface area contributed by atoms with Gasteiger partial charge in [-0.1, -0.05) is 18.1 Å². The summed E-state index contributed by atoms with van der Waals surface area (Å²) in [5, 5.41) is 0. The molecule has 2 aliphatic heterocycles. The standard InChI is InChI=1S/C14H13N2O2.C6H11.U/c1-9-5-10-7-15-13-4-3-11(18-2)6-12(13)14(17)16(10)8-9;1-3-5-6-4-2;/h4,6-8,10H,5H2,1-2H3;3H,1-2,4-6H2;/q2*-1;+2/t10-;;/m0../s1. The number of methoxy groups -OCH3 is 1. The monoisotopic (exact) mass is 562 g/mol. The number of unbranched alkanes of at least 4 members (excludes halogenated alkanes) is 2. The van der Waals surface area contributed by atoms with Gasteiger partial charge in [-0.3, -0.25) is 4.79 Å². The number of ether oxygens (including phenoxy) is 1. The van der Waals surface area contributed by atoms with Gasteiger partial charge in [0.2, 0.25) is 5.91 Å². The van der Waals surface area contributed by atoms with E-state index >= 15 is 0 Å². The van der Waals surface area contributed by atoms with Gasteiger partial charge in [0, 0.05) is 18.2 Å². The summed E-state index contributed by atoms with van der Waals surface area (Å²) in [5.74, 6) is 0.521. The van der Waals surface area contributed by atoms with Crippen molar-refractivity contribution >= 4 is 17.8 Å². The fourth-order valence-electron chi connectivity index (χ4n) is 2.60. The minimum atomic E-state index is -0.0309. The molecule has 5 heteroatoms. The maximum atomic E-state index is 12.5. The topological polar surface area (TPSA) is 41.9 Å². The van der Waals surface area contributed by atoms with Crippen LogP contribution in [0.15, 0.2) is 41.6 Å². The van der Waals surface area contributed by atoms with Crippen LogP contribution in [0.2, 0.25) is 0 Å². The van der Waals surface area contributed by atoms with Crippen molar-refractivity contribution in [2.45, 2.75) is 38.6 Å². The molecule has 0 radical (unpaired) electrons. The summed E-state index contributed by atoms with van der Waals surface area (Å²) >= 11 is 0. The Morgan fingerprint density at radius 3 is 2.92 bits per heavy atom. The average molecular weight is 562 g/mol. The molecule has 0 fully saturated rings. The molecule has 1 amide bonds. The summed E-state index contributed by atoms with van der Waals surface area (Å²) in [7, 11) is 1.56. The van der Waals surface area contributed by atoms with Crippen molar-refractivity contribution in [3.8, 4) is 5.75 Å². The Morgan fingerprint density at radius 2 is 2.32 bits per heavy atom. The molecule has 0 N–H and O–H groups in total. The zero-order valence-corrected chi connectivity index (χ0v) is 19.1. The third-order valence-electron chi connectivity index (χ3n) is 3.88. The van der Waals surface area contributed by atoms with Crippen molar-refractivity contribution in [1.82, 2.24) is 4.90 Å². The Hall–Kier alpha value is -1.31. The number of benzene rings is 1. The van der Waals surface area contributed by atoms with Gasteiger partial charge in [-0.2, -0.15) is 6.42 Å². The predicted octanol–water partition coefficient (Wildman–Crippen LogP) is 4.51. The molecule has 0 spiro atoms. The van der Waals surface area contributed by atoms with Gasteiger partial charge in [0.25, 0.3) is 0 Å². The minimum Gasteiger partial charge on any atom is -0.523 e. The zero-order chi connectivity index (χ0) is 17.5. The van der Waals surface area contributed by atoms with Crippen LogP contribution in [0, 0.1) is 44.1 Å². The third-order valence-corrected chi connectivity index (χ3v) is 3.88. The molecule has 1 atom stereocenters. The largest absolute Gasteiger partial charge is 2.00 e. The second kappa shape index (κ2) is 10.6. The molecule has 0 unspecified atom stereocenters. The molecule has 0 aliphatic carbocycles. The van der Waals surface area contributed by atoms with Crippen LogP contribution in [0.3, 0.4) is 0 Å². The van der Waals surface area contributed by atoms with E-state index in [2.05, 4.69) is 24.6 Å². The van der Waals surface area contributed by atoms with E-state index in [0.29, 0.717) is 17.0 Å². The Labute approximate surface area is 174 Å². The fraction of sp³-hybridized carbons (Fsp3) is 0.350. The van der Waals surface area contributed by atoms with Crippen LogP contribution >= 0.6 is 0 Å². The zero-order valence-electron chi connectivity index (χ0n) is 14.9. The van der Waals surface area contributed by atoms with E-state index in [0.717, 1.165) is 19.3 Å². The number of allylic oxidation sites excluding steroid dienone is 1. The number of hydrogen-bond acceptors (Lipinski definition) is 3. The maximum Gasteiger partial charge on any atom is 2.00 e. The summed E-state index contributed by atoms with van der Waals surface area (Å²) in [6.07, 6.45) is 9.84. The van der Waals surface area contributed by atoms with E-state index in [1.165, 1.54) is 12.0 Å². The van der Waals surface area contributed by atoms with Gasteiger partial charge >= 0.3 is 31.1 Å². The van der Waals surface area contributed by atoms with Crippen molar-refractivity contribution in [2.24, 2.45) is 4.99 Å². The van der Waals surface area contributed by atoms with Crippen LogP contribution in [0.25, 0.3) is 0 Å². The van der Waals surface area contributed by atoms with E-state index in [9.17, 15) is 4.79 Å². The van der Waals surface area contributed by atoms with E-state index in [1.807, 2.05) is 25.4 Å². The molecule has 2 heterocycles. The molecule has 1 aromatic carbocycles. The second-order valence-electron chi connectivity index (χ2n) is 5.82. The van der Waals surface area contributed by atoms with E-state index < -0.39 is 0 Å². The van der Waals surface area contributed by atoms with Gasteiger partial charge in [0.15, 0.2) is 0 Å². The van der Waals surface area contributed by atoms with Gasteiger partial charge in [-0.25, -0.2) is 0 Å².